The van der Waals surface area contributed by atoms with Crippen LogP contribution in [0.3, 0.4) is 0 Å². The second-order valence-electron chi connectivity index (χ2n) is 5.06. The van der Waals surface area contributed by atoms with Crippen molar-refractivity contribution in [1.82, 2.24) is 10.2 Å². The molecule has 0 aliphatic rings. The molecule has 0 saturated heterocycles. The van der Waals surface area contributed by atoms with Crippen LogP contribution in [-0.2, 0) is 0 Å². The van der Waals surface area contributed by atoms with E-state index in [0.29, 0.717) is 0 Å². The largest absolute Gasteiger partial charge is 0.309 e. The molecule has 1 aromatic rings. The lowest BCUT2D eigenvalue weighted by Crippen LogP contribution is -2.35. The third-order valence-corrected chi connectivity index (χ3v) is 2.96. The maximum atomic E-state index is 12.1. The molecule has 1 rings (SSSR count). The minimum atomic E-state index is -0.116. The second kappa shape index (κ2) is 7.29. The Balaban J connectivity index is 2.39. The molecular weight excluding hydrogens is 224 g/mol. The van der Waals surface area contributed by atoms with Gasteiger partial charge in [0, 0.05) is 5.56 Å². The van der Waals surface area contributed by atoms with Crippen molar-refractivity contribution < 1.29 is 4.79 Å². The van der Waals surface area contributed by atoms with Crippen LogP contribution < -0.4 is 5.32 Å². The van der Waals surface area contributed by atoms with E-state index in [1.54, 1.807) is 0 Å². The first kappa shape index (κ1) is 14.9. The van der Waals surface area contributed by atoms with Crippen molar-refractivity contribution in [2.75, 3.05) is 27.2 Å². The van der Waals surface area contributed by atoms with Crippen LogP contribution in [0, 0.1) is 6.92 Å². The van der Waals surface area contributed by atoms with Crippen LogP contribution in [-0.4, -0.2) is 43.9 Å². The van der Waals surface area contributed by atoms with Crippen molar-refractivity contribution in [3.63, 3.8) is 0 Å². The van der Waals surface area contributed by atoms with Gasteiger partial charge in [0.1, 0.15) is 0 Å². The summed E-state index contributed by atoms with van der Waals surface area (Å²) in [4.78, 5) is 14.3. The SMILES string of the molecule is Cc1ccc(C(=O)C(C)NCCCN(C)C)cc1. The monoisotopic (exact) mass is 248 g/mol. The Bertz CT molecular complexity index is 371. The first-order valence-electron chi connectivity index (χ1n) is 6.49. The van der Waals surface area contributed by atoms with Gasteiger partial charge >= 0.3 is 0 Å². The Labute approximate surface area is 110 Å². The van der Waals surface area contributed by atoms with Crippen LogP contribution in [0.25, 0.3) is 0 Å². The number of Topliss-reactive ketones (excluding diaryl/α,β-unsaturated/α-hetero) is 1. The normalized spacial score (nSPS) is 12.7. The zero-order valence-electron chi connectivity index (χ0n) is 11.9. The average Bonchev–Trinajstić information content (AvgIpc) is 2.34. The minimum absolute atomic E-state index is 0.116. The van der Waals surface area contributed by atoms with E-state index < -0.39 is 0 Å². The van der Waals surface area contributed by atoms with Gasteiger partial charge in [-0.15, -0.1) is 0 Å². The van der Waals surface area contributed by atoms with Crippen molar-refractivity contribution in [3.05, 3.63) is 35.4 Å². The average molecular weight is 248 g/mol. The highest BCUT2D eigenvalue weighted by atomic mass is 16.1. The number of hydrogen-bond donors (Lipinski definition) is 1. The van der Waals surface area contributed by atoms with Crippen LogP contribution in [0.5, 0.6) is 0 Å². The van der Waals surface area contributed by atoms with Gasteiger partial charge in [-0.05, 0) is 47.5 Å². The fourth-order valence-electron chi connectivity index (χ4n) is 1.77. The molecular formula is C15H24N2O. The molecule has 0 aliphatic heterocycles. The summed E-state index contributed by atoms with van der Waals surface area (Å²) in [6.07, 6.45) is 1.05. The van der Waals surface area contributed by atoms with E-state index in [-0.39, 0.29) is 11.8 Å². The predicted octanol–water partition coefficient (Wildman–Crippen LogP) is 2.11. The maximum Gasteiger partial charge on any atom is 0.179 e. The van der Waals surface area contributed by atoms with Crippen molar-refractivity contribution >= 4 is 5.78 Å². The highest BCUT2D eigenvalue weighted by molar-refractivity contribution is 5.99. The van der Waals surface area contributed by atoms with Gasteiger partial charge in [0.25, 0.3) is 0 Å². The number of hydrogen-bond acceptors (Lipinski definition) is 3. The molecule has 0 aliphatic carbocycles. The van der Waals surface area contributed by atoms with E-state index >= 15 is 0 Å². The van der Waals surface area contributed by atoms with E-state index in [2.05, 4.69) is 24.3 Å². The van der Waals surface area contributed by atoms with Crippen LogP contribution in [0.15, 0.2) is 24.3 Å². The third-order valence-electron chi connectivity index (χ3n) is 2.96. The van der Waals surface area contributed by atoms with Crippen LogP contribution in [0.1, 0.15) is 29.3 Å². The Kier molecular flexibility index (Phi) is 6.02. The smallest absolute Gasteiger partial charge is 0.179 e. The number of aryl methyl sites for hydroxylation is 1. The molecule has 1 aromatic carbocycles. The maximum absolute atomic E-state index is 12.1. The zero-order chi connectivity index (χ0) is 13.5. The Morgan fingerprint density at radius 3 is 2.44 bits per heavy atom. The summed E-state index contributed by atoms with van der Waals surface area (Å²) in [6.45, 7) is 5.87. The first-order valence-corrected chi connectivity index (χ1v) is 6.49. The van der Waals surface area contributed by atoms with Gasteiger partial charge in [0.2, 0.25) is 0 Å². The number of carbonyl (C=O) groups is 1. The van der Waals surface area contributed by atoms with Gasteiger partial charge in [-0.2, -0.15) is 0 Å². The summed E-state index contributed by atoms with van der Waals surface area (Å²) < 4.78 is 0. The number of rotatable bonds is 7. The van der Waals surface area contributed by atoms with Crippen molar-refractivity contribution in [3.8, 4) is 0 Å². The summed E-state index contributed by atoms with van der Waals surface area (Å²) in [6, 6.07) is 7.64. The Hall–Kier alpha value is -1.19. The molecule has 0 saturated carbocycles. The molecule has 0 heterocycles. The highest BCUT2D eigenvalue weighted by Crippen LogP contribution is 2.06. The van der Waals surface area contributed by atoms with Gasteiger partial charge in [-0.1, -0.05) is 29.8 Å². The molecule has 0 radical (unpaired) electrons. The topological polar surface area (TPSA) is 32.3 Å². The lowest BCUT2D eigenvalue weighted by Gasteiger charge is -2.14. The standard InChI is InChI=1S/C15H24N2O/c1-12-6-8-14(9-7-12)15(18)13(2)16-10-5-11-17(3)4/h6-9,13,16H,5,10-11H2,1-4H3. The Morgan fingerprint density at radius 2 is 1.89 bits per heavy atom. The van der Waals surface area contributed by atoms with Gasteiger partial charge in [-0.3, -0.25) is 4.79 Å². The van der Waals surface area contributed by atoms with Gasteiger partial charge in [0.05, 0.1) is 6.04 Å². The van der Waals surface area contributed by atoms with E-state index in [0.717, 1.165) is 25.1 Å². The van der Waals surface area contributed by atoms with Crippen molar-refractivity contribution in [2.45, 2.75) is 26.3 Å². The van der Waals surface area contributed by atoms with E-state index in [4.69, 9.17) is 0 Å². The lowest BCUT2D eigenvalue weighted by molar-refractivity contribution is 0.0951. The number of nitrogens with zero attached hydrogens (tertiary/aromatic N) is 1. The van der Waals surface area contributed by atoms with Crippen molar-refractivity contribution in [2.24, 2.45) is 0 Å². The highest BCUT2D eigenvalue weighted by Gasteiger charge is 2.13. The second-order valence-corrected chi connectivity index (χ2v) is 5.06. The van der Waals surface area contributed by atoms with Gasteiger partial charge in [0.15, 0.2) is 5.78 Å². The number of nitrogens with one attached hydrogen (secondary N) is 1. The molecule has 1 atom stereocenters. The number of carbonyl (C=O) groups excluding carboxylic acids is 1. The molecule has 3 nitrogen and oxygen atoms in total. The summed E-state index contributed by atoms with van der Waals surface area (Å²) in [5.74, 6) is 0.167. The van der Waals surface area contributed by atoms with E-state index in [9.17, 15) is 4.79 Å². The van der Waals surface area contributed by atoms with Crippen LogP contribution in [0.2, 0.25) is 0 Å². The van der Waals surface area contributed by atoms with E-state index in [1.165, 1.54) is 5.56 Å². The molecule has 0 fully saturated rings. The molecule has 0 aromatic heterocycles. The van der Waals surface area contributed by atoms with Gasteiger partial charge < -0.3 is 10.2 Å². The fourth-order valence-corrected chi connectivity index (χ4v) is 1.77. The molecule has 0 spiro atoms. The molecule has 3 heteroatoms. The molecule has 0 amide bonds. The summed E-state index contributed by atoms with van der Waals surface area (Å²) in [5, 5.41) is 3.27. The third kappa shape index (κ3) is 4.98. The summed E-state index contributed by atoms with van der Waals surface area (Å²) in [7, 11) is 4.11. The van der Waals surface area contributed by atoms with Crippen molar-refractivity contribution in [1.29, 1.82) is 0 Å². The minimum Gasteiger partial charge on any atom is -0.309 e. The molecule has 1 unspecified atom stereocenters. The zero-order valence-corrected chi connectivity index (χ0v) is 11.9. The molecule has 100 valence electrons. The van der Waals surface area contributed by atoms with Gasteiger partial charge in [-0.25, -0.2) is 0 Å². The fraction of sp³-hybridized carbons (Fsp3) is 0.533. The van der Waals surface area contributed by atoms with E-state index in [1.807, 2.05) is 38.1 Å². The van der Waals surface area contributed by atoms with Crippen LogP contribution in [0.4, 0.5) is 0 Å². The molecule has 0 bridgehead atoms. The Morgan fingerprint density at radius 1 is 1.28 bits per heavy atom. The number of benzene rings is 1. The quantitative estimate of drug-likeness (QED) is 0.592. The van der Waals surface area contributed by atoms with Crippen LogP contribution >= 0.6 is 0 Å². The molecule has 1 N–H and O–H groups in total. The first-order chi connectivity index (χ1) is 8.50. The molecule has 18 heavy (non-hydrogen) atoms. The number of ketones is 1. The summed E-state index contributed by atoms with van der Waals surface area (Å²) >= 11 is 0. The predicted molar refractivity (Wildman–Crippen MR) is 76.1 cm³/mol. The lowest BCUT2D eigenvalue weighted by atomic mass is 10.0. The summed E-state index contributed by atoms with van der Waals surface area (Å²) in [5.41, 5.74) is 1.96.